The van der Waals surface area contributed by atoms with E-state index in [-0.39, 0.29) is 5.25 Å². The van der Waals surface area contributed by atoms with Gasteiger partial charge >= 0.3 is 0 Å². The quantitative estimate of drug-likeness (QED) is 0.401. The predicted octanol–water partition coefficient (Wildman–Crippen LogP) is 3.97. The Bertz CT molecular complexity index is 1130. The van der Waals surface area contributed by atoms with Gasteiger partial charge in [0.15, 0.2) is 0 Å². The van der Waals surface area contributed by atoms with Crippen molar-refractivity contribution in [1.29, 1.82) is 0 Å². The highest BCUT2D eigenvalue weighted by Crippen LogP contribution is 2.29. The number of anilines is 1. The molecular formula is C24H25N5OS. The molecule has 1 saturated heterocycles. The minimum absolute atomic E-state index is 0.108. The van der Waals surface area contributed by atoms with Crippen LogP contribution in [0.4, 0.5) is 5.69 Å². The zero-order valence-electron chi connectivity index (χ0n) is 17.1. The fraction of sp³-hybridized carbons (Fsp3) is 0.250. The minimum atomic E-state index is -0.628. The molecule has 0 saturated carbocycles. The van der Waals surface area contributed by atoms with Gasteiger partial charge in [0, 0.05) is 54.4 Å². The number of H-pyrrole nitrogens is 1. The third kappa shape index (κ3) is 4.58. The lowest BCUT2D eigenvalue weighted by molar-refractivity contribution is 0.165. The van der Waals surface area contributed by atoms with E-state index in [0.29, 0.717) is 0 Å². The minimum Gasteiger partial charge on any atom is -0.373 e. The second-order valence-corrected chi connectivity index (χ2v) is 9.13. The molecule has 31 heavy (non-hydrogen) atoms. The van der Waals surface area contributed by atoms with Crippen molar-refractivity contribution >= 4 is 28.4 Å². The summed E-state index contributed by atoms with van der Waals surface area (Å²) in [6, 6.07) is 20.4. The lowest BCUT2D eigenvalue weighted by atomic mass is 10.1. The number of thioether (sulfide) groups is 1. The zero-order valence-corrected chi connectivity index (χ0v) is 17.9. The number of benzene rings is 2. The first kappa shape index (κ1) is 20.1. The van der Waals surface area contributed by atoms with Crippen LogP contribution in [0.2, 0.25) is 0 Å². The molecule has 3 N–H and O–H groups in total. The van der Waals surface area contributed by atoms with Gasteiger partial charge < -0.3 is 10.4 Å². The van der Waals surface area contributed by atoms with Crippen molar-refractivity contribution in [2.24, 2.45) is 0 Å². The smallest absolute Gasteiger partial charge is 0.137 e. The summed E-state index contributed by atoms with van der Waals surface area (Å²) in [4.78, 5) is 6.51. The van der Waals surface area contributed by atoms with Crippen LogP contribution in [-0.2, 0) is 6.54 Å². The molecule has 1 aliphatic heterocycles. The van der Waals surface area contributed by atoms with Crippen molar-refractivity contribution in [2.75, 3.05) is 24.2 Å². The number of aliphatic hydroxyl groups excluding tert-OH is 1. The SMILES string of the molecule is OC(Nc1ccc2[nH]nc(-c3ccncc3)c2c1)C1CN(Cc2ccccc2)CCS1. The zero-order chi connectivity index (χ0) is 21.0. The molecule has 2 unspecified atom stereocenters. The first-order chi connectivity index (χ1) is 15.3. The fourth-order valence-corrected chi connectivity index (χ4v) is 5.24. The van der Waals surface area contributed by atoms with Gasteiger partial charge in [-0.25, -0.2) is 0 Å². The Kier molecular flexibility index (Phi) is 5.88. The van der Waals surface area contributed by atoms with Gasteiger partial charge in [-0.3, -0.25) is 15.0 Å². The highest BCUT2D eigenvalue weighted by atomic mass is 32.2. The number of pyridine rings is 1. The molecule has 2 aromatic heterocycles. The number of aromatic nitrogens is 3. The predicted molar refractivity (Wildman–Crippen MR) is 127 cm³/mol. The Morgan fingerprint density at radius 3 is 2.81 bits per heavy atom. The monoisotopic (exact) mass is 431 g/mol. The second kappa shape index (κ2) is 9.09. The Labute approximate surface area is 185 Å². The van der Waals surface area contributed by atoms with E-state index in [9.17, 15) is 5.11 Å². The number of aliphatic hydroxyl groups is 1. The Balaban J connectivity index is 1.29. The summed E-state index contributed by atoms with van der Waals surface area (Å²) in [5.74, 6) is 1.02. The number of rotatable bonds is 6. The molecule has 0 aliphatic carbocycles. The third-order valence-electron chi connectivity index (χ3n) is 5.61. The van der Waals surface area contributed by atoms with E-state index in [1.807, 2.05) is 48.2 Å². The molecule has 158 valence electrons. The Morgan fingerprint density at radius 2 is 1.97 bits per heavy atom. The van der Waals surface area contributed by atoms with Gasteiger partial charge in [0.1, 0.15) is 11.9 Å². The number of nitrogens with zero attached hydrogens (tertiary/aromatic N) is 3. The van der Waals surface area contributed by atoms with Gasteiger partial charge in [-0.1, -0.05) is 30.3 Å². The van der Waals surface area contributed by atoms with Crippen LogP contribution in [-0.4, -0.2) is 55.5 Å². The summed E-state index contributed by atoms with van der Waals surface area (Å²) in [6.07, 6.45) is 2.91. The van der Waals surface area contributed by atoms with Gasteiger partial charge in [0.05, 0.1) is 10.8 Å². The first-order valence-electron chi connectivity index (χ1n) is 10.5. The van der Waals surface area contributed by atoms with Crippen molar-refractivity contribution in [2.45, 2.75) is 18.0 Å². The van der Waals surface area contributed by atoms with E-state index < -0.39 is 6.23 Å². The number of hydrogen-bond donors (Lipinski definition) is 3. The summed E-state index contributed by atoms with van der Waals surface area (Å²) >= 11 is 1.83. The molecule has 4 aromatic rings. The maximum atomic E-state index is 10.9. The number of nitrogens with one attached hydrogen (secondary N) is 2. The average Bonchev–Trinajstić information content (AvgIpc) is 3.24. The van der Waals surface area contributed by atoms with Crippen LogP contribution in [0.15, 0.2) is 73.1 Å². The van der Waals surface area contributed by atoms with E-state index in [4.69, 9.17) is 0 Å². The largest absolute Gasteiger partial charge is 0.373 e. The summed E-state index contributed by atoms with van der Waals surface area (Å²) in [7, 11) is 0. The number of fused-ring (bicyclic) bond motifs is 1. The summed E-state index contributed by atoms with van der Waals surface area (Å²) in [6.45, 7) is 2.81. The molecule has 5 rings (SSSR count). The molecule has 1 aliphatic rings. The lowest BCUT2D eigenvalue weighted by Gasteiger charge is -2.35. The number of aromatic amines is 1. The van der Waals surface area contributed by atoms with Crippen LogP contribution in [0.5, 0.6) is 0 Å². The van der Waals surface area contributed by atoms with E-state index in [2.05, 4.69) is 49.7 Å². The van der Waals surface area contributed by atoms with E-state index in [1.54, 1.807) is 12.4 Å². The van der Waals surface area contributed by atoms with E-state index >= 15 is 0 Å². The van der Waals surface area contributed by atoms with Gasteiger partial charge in [0.2, 0.25) is 0 Å². The van der Waals surface area contributed by atoms with Gasteiger partial charge in [0.25, 0.3) is 0 Å². The average molecular weight is 432 g/mol. The second-order valence-electron chi connectivity index (χ2n) is 7.79. The van der Waals surface area contributed by atoms with Crippen molar-refractivity contribution < 1.29 is 5.11 Å². The molecular weight excluding hydrogens is 406 g/mol. The van der Waals surface area contributed by atoms with Crippen molar-refractivity contribution in [3.05, 3.63) is 78.6 Å². The van der Waals surface area contributed by atoms with Crippen LogP contribution in [0.1, 0.15) is 5.56 Å². The topological polar surface area (TPSA) is 77.1 Å². The van der Waals surface area contributed by atoms with Crippen LogP contribution in [0, 0.1) is 0 Å². The summed E-state index contributed by atoms with van der Waals surface area (Å²) < 4.78 is 0. The summed E-state index contributed by atoms with van der Waals surface area (Å²) in [5, 5.41) is 22.9. The summed E-state index contributed by atoms with van der Waals surface area (Å²) in [5.41, 5.74) is 5.06. The molecule has 0 amide bonds. The molecule has 0 spiro atoms. The Morgan fingerprint density at radius 1 is 1.13 bits per heavy atom. The molecule has 2 aromatic carbocycles. The standard InChI is InChI=1S/C24H25N5OS/c30-24(22-16-29(12-13-31-22)15-17-4-2-1-3-5-17)26-19-6-7-21-20(14-19)23(28-27-21)18-8-10-25-11-9-18/h1-11,14,22,24,26,30H,12-13,15-16H2,(H,27,28). The molecule has 7 heteroatoms. The van der Waals surface area contributed by atoms with Crippen molar-refractivity contribution in [1.82, 2.24) is 20.1 Å². The highest BCUT2D eigenvalue weighted by molar-refractivity contribution is 8.00. The lowest BCUT2D eigenvalue weighted by Crippen LogP contribution is -2.45. The van der Waals surface area contributed by atoms with Gasteiger partial charge in [-0.05, 0) is 35.9 Å². The van der Waals surface area contributed by atoms with Crippen LogP contribution in [0.25, 0.3) is 22.2 Å². The normalized spacial score (nSPS) is 18.2. The molecule has 6 nitrogen and oxygen atoms in total. The van der Waals surface area contributed by atoms with Crippen molar-refractivity contribution in [3.63, 3.8) is 0 Å². The van der Waals surface area contributed by atoms with Crippen LogP contribution in [0.3, 0.4) is 0 Å². The van der Waals surface area contributed by atoms with Crippen molar-refractivity contribution in [3.8, 4) is 11.3 Å². The highest BCUT2D eigenvalue weighted by Gasteiger charge is 2.26. The van der Waals surface area contributed by atoms with Gasteiger partial charge in [-0.2, -0.15) is 16.9 Å². The first-order valence-corrected chi connectivity index (χ1v) is 11.5. The van der Waals surface area contributed by atoms with E-state index in [1.165, 1.54) is 5.56 Å². The molecule has 3 heterocycles. The van der Waals surface area contributed by atoms with Crippen LogP contribution < -0.4 is 5.32 Å². The molecule has 0 radical (unpaired) electrons. The van der Waals surface area contributed by atoms with Gasteiger partial charge in [-0.15, -0.1) is 0 Å². The molecule has 0 bridgehead atoms. The number of hydrogen-bond acceptors (Lipinski definition) is 6. The third-order valence-corrected chi connectivity index (χ3v) is 6.86. The molecule has 2 atom stereocenters. The molecule has 1 fully saturated rings. The Hall–Kier alpha value is -2.87. The fourth-order valence-electron chi connectivity index (χ4n) is 4.01. The van der Waals surface area contributed by atoms with Crippen LogP contribution >= 0.6 is 11.8 Å². The maximum absolute atomic E-state index is 10.9. The van der Waals surface area contributed by atoms with E-state index in [0.717, 1.165) is 53.2 Å². The maximum Gasteiger partial charge on any atom is 0.137 e.